The van der Waals surface area contributed by atoms with Crippen LogP contribution >= 0.6 is 0 Å². The topological polar surface area (TPSA) is 58.9 Å². The Bertz CT molecular complexity index is 632. The molecule has 0 amide bonds. The van der Waals surface area contributed by atoms with Gasteiger partial charge in [0.15, 0.2) is 5.71 Å². The van der Waals surface area contributed by atoms with Crippen molar-refractivity contribution in [3.8, 4) is 0 Å². The second-order valence-corrected chi connectivity index (χ2v) is 4.97. The Kier molecular flexibility index (Phi) is 2.45. The van der Waals surface area contributed by atoms with Crippen molar-refractivity contribution in [1.82, 2.24) is 0 Å². The molecule has 1 N–H and O–H groups in total. The standard InChI is InChI=1S/C14H12FNO3/c1-14(15)5-4-9-8(6-14)2-3-10-11(9)7-19-16-12(10)13(17)18/h2-5H,6-7H2,1H3,(H,17,18). The molecule has 0 saturated heterocycles. The SMILES string of the molecule is CC1(F)C=Cc2c(ccc3c2CON=C3C(=O)O)C1. The van der Waals surface area contributed by atoms with Crippen molar-refractivity contribution in [2.24, 2.45) is 5.16 Å². The molecular weight excluding hydrogens is 249 g/mol. The van der Waals surface area contributed by atoms with E-state index < -0.39 is 11.6 Å². The quantitative estimate of drug-likeness (QED) is 0.843. The number of hydrogen-bond donors (Lipinski definition) is 1. The number of oxime groups is 1. The van der Waals surface area contributed by atoms with Crippen LogP contribution in [0.1, 0.15) is 29.2 Å². The van der Waals surface area contributed by atoms with Crippen molar-refractivity contribution in [3.05, 3.63) is 40.5 Å². The van der Waals surface area contributed by atoms with Crippen LogP contribution < -0.4 is 0 Å². The fourth-order valence-corrected chi connectivity index (χ4v) is 2.51. The molecule has 5 heteroatoms. The molecule has 0 aromatic heterocycles. The second kappa shape index (κ2) is 3.91. The van der Waals surface area contributed by atoms with Crippen LogP contribution in [0.15, 0.2) is 23.4 Å². The predicted octanol–water partition coefficient (Wildman–Crippen LogP) is 2.30. The predicted molar refractivity (Wildman–Crippen MR) is 67.7 cm³/mol. The van der Waals surface area contributed by atoms with Gasteiger partial charge in [-0.2, -0.15) is 0 Å². The van der Waals surface area contributed by atoms with Gasteiger partial charge < -0.3 is 9.94 Å². The monoisotopic (exact) mass is 261 g/mol. The molecule has 0 spiro atoms. The van der Waals surface area contributed by atoms with Crippen LogP contribution in [0.5, 0.6) is 0 Å². The minimum absolute atomic E-state index is 0.106. The average molecular weight is 261 g/mol. The Morgan fingerprint density at radius 2 is 2.32 bits per heavy atom. The highest BCUT2D eigenvalue weighted by molar-refractivity contribution is 6.43. The Morgan fingerprint density at radius 1 is 1.53 bits per heavy atom. The molecule has 1 aromatic carbocycles. The van der Waals surface area contributed by atoms with Crippen LogP contribution in [0.4, 0.5) is 4.39 Å². The number of carboxylic acid groups (broad SMARTS) is 1. The number of halogens is 1. The van der Waals surface area contributed by atoms with E-state index in [-0.39, 0.29) is 18.7 Å². The molecule has 0 saturated carbocycles. The molecule has 1 atom stereocenters. The summed E-state index contributed by atoms with van der Waals surface area (Å²) in [5.74, 6) is -1.13. The number of benzene rings is 1. The van der Waals surface area contributed by atoms with Crippen molar-refractivity contribution in [2.45, 2.75) is 25.6 Å². The molecule has 98 valence electrons. The summed E-state index contributed by atoms with van der Waals surface area (Å²) in [6.07, 6.45) is 3.49. The molecule has 1 unspecified atom stereocenters. The lowest BCUT2D eigenvalue weighted by Gasteiger charge is -2.26. The van der Waals surface area contributed by atoms with Crippen LogP contribution in [0, 0.1) is 0 Å². The summed E-state index contributed by atoms with van der Waals surface area (Å²) < 4.78 is 14.0. The number of carboxylic acids is 1. The van der Waals surface area contributed by atoms with E-state index in [0.717, 1.165) is 16.7 Å². The molecule has 2 aliphatic rings. The third-order valence-electron chi connectivity index (χ3n) is 3.40. The number of rotatable bonds is 1. The summed E-state index contributed by atoms with van der Waals surface area (Å²) in [5, 5.41) is 12.7. The molecule has 0 bridgehead atoms. The second-order valence-electron chi connectivity index (χ2n) is 4.97. The lowest BCUT2D eigenvalue weighted by atomic mass is 9.84. The first-order valence-corrected chi connectivity index (χ1v) is 5.94. The molecule has 0 radical (unpaired) electrons. The van der Waals surface area contributed by atoms with E-state index in [1.807, 2.05) is 0 Å². The zero-order valence-electron chi connectivity index (χ0n) is 10.3. The maximum absolute atomic E-state index is 14.0. The first-order chi connectivity index (χ1) is 8.98. The third-order valence-corrected chi connectivity index (χ3v) is 3.40. The van der Waals surface area contributed by atoms with Gasteiger partial charge in [-0.15, -0.1) is 0 Å². The van der Waals surface area contributed by atoms with E-state index in [1.54, 1.807) is 18.2 Å². The highest BCUT2D eigenvalue weighted by Gasteiger charge is 2.30. The number of allylic oxidation sites excluding steroid dienone is 1. The number of alkyl halides is 1. The molecule has 1 aromatic rings. The van der Waals surface area contributed by atoms with Gasteiger partial charge in [0.1, 0.15) is 12.3 Å². The van der Waals surface area contributed by atoms with E-state index in [1.165, 1.54) is 13.0 Å². The van der Waals surface area contributed by atoms with Crippen molar-refractivity contribution < 1.29 is 19.1 Å². The Balaban J connectivity index is 2.16. The van der Waals surface area contributed by atoms with Crippen LogP contribution in [0.3, 0.4) is 0 Å². The summed E-state index contributed by atoms with van der Waals surface area (Å²) in [7, 11) is 0. The minimum Gasteiger partial charge on any atom is -0.476 e. The van der Waals surface area contributed by atoms with E-state index in [2.05, 4.69) is 5.16 Å². The highest BCUT2D eigenvalue weighted by Crippen LogP contribution is 2.33. The van der Waals surface area contributed by atoms with Gasteiger partial charge >= 0.3 is 5.97 Å². The highest BCUT2D eigenvalue weighted by atomic mass is 19.1. The van der Waals surface area contributed by atoms with Crippen molar-refractivity contribution >= 4 is 17.8 Å². The molecule has 19 heavy (non-hydrogen) atoms. The smallest absolute Gasteiger partial charge is 0.358 e. The normalized spacial score (nSPS) is 24.0. The number of carbonyl (C=O) groups is 1. The number of hydrogen-bond acceptors (Lipinski definition) is 3. The third kappa shape index (κ3) is 1.91. The Labute approximate surface area is 109 Å². The average Bonchev–Trinajstić information content (AvgIpc) is 2.36. The summed E-state index contributed by atoms with van der Waals surface area (Å²) in [5.41, 5.74) is 1.55. The minimum atomic E-state index is -1.36. The van der Waals surface area contributed by atoms with Crippen LogP contribution in [0.2, 0.25) is 0 Å². The van der Waals surface area contributed by atoms with Gasteiger partial charge in [0.25, 0.3) is 0 Å². The maximum Gasteiger partial charge on any atom is 0.358 e. The Morgan fingerprint density at radius 3 is 3.05 bits per heavy atom. The summed E-state index contributed by atoms with van der Waals surface area (Å²) in [4.78, 5) is 16.1. The summed E-state index contributed by atoms with van der Waals surface area (Å²) >= 11 is 0. The lowest BCUT2D eigenvalue weighted by molar-refractivity contribution is -0.129. The number of nitrogens with zero attached hydrogens (tertiary/aromatic N) is 1. The molecule has 1 aliphatic carbocycles. The molecule has 0 fully saturated rings. The lowest BCUT2D eigenvalue weighted by Crippen LogP contribution is -2.25. The van der Waals surface area contributed by atoms with Gasteiger partial charge in [-0.05, 0) is 24.1 Å². The van der Waals surface area contributed by atoms with Crippen LogP contribution in [0.25, 0.3) is 6.08 Å². The zero-order valence-corrected chi connectivity index (χ0v) is 10.3. The van der Waals surface area contributed by atoms with Gasteiger partial charge in [-0.25, -0.2) is 9.18 Å². The van der Waals surface area contributed by atoms with Crippen LogP contribution in [-0.4, -0.2) is 22.5 Å². The molecule has 1 heterocycles. The molecule has 3 rings (SSSR count). The fourth-order valence-electron chi connectivity index (χ4n) is 2.51. The zero-order chi connectivity index (χ0) is 13.6. The van der Waals surface area contributed by atoms with Gasteiger partial charge in [-0.3, -0.25) is 0 Å². The van der Waals surface area contributed by atoms with E-state index in [4.69, 9.17) is 9.94 Å². The first-order valence-electron chi connectivity index (χ1n) is 5.94. The maximum atomic E-state index is 14.0. The van der Waals surface area contributed by atoms with Gasteiger partial charge in [0, 0.05) is 17.5 Å². The van der Waals surface area contributed by atoms with E-state index in [0.29, 0.717) is 5.56 Å². The Hall–Kier alpha value is -2.17. The number of fused-ring (bicyclic) bond motifs is 3. The van der Waals surface area contributed by atoms with Gasteiger partial charge in [0.05, 0.1) is 0 Å². The molecular formula is C14H12FNO3. The van der Waals surface area contributed by atoms with Crippen LogP contribution in [-0.2, 0) is 22.7 Å². The largest absolute Gasteiger partial charge is 0.476 e. The fraction of sp³-hybridized carbons (Fsp3) is 0.286. The van der Waals surface area contributed by atoms with Crippen molar-refractivity contribution in [3.63, 3.8) is 0 Å². The van der Waals surface area contributed by atoms with Crippen molar-refractivity contribution in [1.29, 1.82) is 0 Å². The van der Waals surface area contributed by atoms with E-state index in [9.17, 15) is 9.18 Å². The molecule has 1 aliphatic heterocycles. The van der Waals surface area contributed by atoms with Crippen molar-refractivity contribution in [2.75, 3.05) is 0 Å². The van der Waals surface area contributed by atoms with Gasteiger partial charge in [-0.1, -0.05) is 23.4 Å². The summed E-state index contributed by atoms with van der Waals surface area (Å²) in [6, 6.07) is 3.44. The first kappa shape index (κ1) is 11.9. The van der Waals surface area contributed by atoms with E-state index >= 15 is 0 Å². The van der Waals surface area contributed by atoms with Gasteiger partial charge in [0.2, 0.25) is 0 Å². The summed E-state index contributed by atoms with van der Waals surface area (Å²) in [6.45, 7) is 1.73. The number of aliphatic carboxylic acids is 1. The molecule has 4 nitrogen and oxygen atoms in total.